The molecule has 0 fully saturated rings. The number of aromatic nitrogens is 2. The fourth-order valence-electron chi connectivity index (χ4n) is 2.80. The first-order chi connectivity index (χ1) is 14.9. The van der Waals surface area contributed by atoms with Gasteiger partial charge in [0.1, 0.15) is 12.3 Å². The number of halogens is 1. The van der Waals surface area contributed by atoms with Crippen LogP contribution in [0.1, 0.15) is 23.7 Å². The summed E-state index contributed by atoms with van der Waals surface area (Å²) in [5.74, 6) is 0.750. The van der Waals surface area contributed by atoms with Gasteiger partial charge in [-0.3, -0.25) is 19.9 Å². The van der Waals surface area contributed by atoms with Crippen LogP contribution in [0.25, 0.3) is 12.2 Å². The van der Waals surface area contributed by atoms with Crippen LogP contribution in [0.5, 0.6) is 11.5 Å². The summed E-state index contributed by atoms with van der Waals surface area (Å²) in [4.78, 5) is 37.6. The Kier molecular flexibility index (Phi) is 6.88. The lowest BCUT2D eigenvalue weighted by molar-refractivity contribution is -0.386. The number of aromatic amines is 2. The molecular formula is C21H18ClN3O6. The number of hydrogen-bond donors (Lipinski definition) is 2. The van der Waals surface area contributed by atoms with Gasteiger partial charge in [0.2, 0.25) is 0 Å². The molecule has 2 aromatic carbocycles. The van der Waals surface area contributed by atoms with Crippen LogP contribution in [0, 0.1) is 10.1 Å². The van der Waals surface area contributed by atoms with E-state index < -0.39 is 21.9 Å². The average molecular weight is 444 g/mol. The Labute approximate surface area is 181 Å². The summed E-state index contributed by atoms with van der Waals surface area (Å²) in [6.07, 6.45) is 2.72. The lowest BCUT2D eigenvalue weighted by atomic mass is 10.1. The van der Waals surface area contributed by atoms with E-state index in [0.717, 1.165) is 5.56 Å². The molecule has 3 rings (SSSR count). The van der Waals surface area contributed by atoms with Crippen molar-refractivity contribution in [3.63, 3.8) is 0 Å². The van der Waals surface area contributed by atoms with E-state index in [9.17, 15) is 19.7 Å². The fraction of sp³-hybridized carbons (Fsp3) is 0.143. The molecule has 0 atom stereocenters. The average Bonchev–Trinajstić information content (AvgIpc) is 2.72. The van der Waals surface area contributed by atoms with E-state index in [1.165, 1.54) is 12.2 Å². The van der Waals surface area contributed by atoms with Gasteiger partial charge in [0, 0.05) is 0 Å². The summed E-state index contributed by atoms with van der Waals surface area (Å²) in [5.41, 5.74) is -1.47. The van der Waals surface area contributed by atoms with Crippen LogP contribution in [0.15, 0.2) is 52.1 Å². The van der Waals surface area contributed by atoms with E-state index in [4.69, 9.17) is 21.1 Å². The van der Waals surface area contributed by atoms with Gasteiger partial charge >= 0.3 is 16.9 Å². The largest absolute Gasteiger partial charge is 0.490 e. The van der Waals surface area contributed by atoms with Crippen LogP contribution >= 0.6 is 11.6 Å². The SMILES string of the molecule is CCOc1cc(C=Cc2[nH]c(=O)[nH]c(=O)c2[N+](=O)[O-])cc(Cl)c1OCc1ccccc1. The number of nitrogens with one attached hydrogen (secondary N) is 2. The fourth-order valence-corrected chi connectivity index (χ4v) is 3.07. The second kappa shape index (κ2) is 9.77. The Morgan fingerprint density at radius 1 is 1.10 bits per heavy atom. The molecule has 2 N–H and O–H groups in total. The molecule has 0 saturated heterocycles. The zero-order valence-corrected chi connectivity index (χ0v) is 17.1. The Bertz CT molecular complexity index is 1230. The predicted molar refractivity (Wildman–Crippen MR) is 117 cm³/mol. The molecular weight excluding hydrogens is 426 g/mol. The molecule has 10 heteroatoms. The highest BCUT2D eigenvalue weighted by atomic mass is 35.5. The number of hydrogen-bond acceptors (Lipinski definition) is 6. The number of H-pyrrole nitrogens is 2. The second-order valence-electron chi connectivity index (χ2n) is 6.30. The first kappa shape index (κ1) is 21.8. The van der Waals surface area contributed by atoms with E-state index in [1.54, 1.807) is 12.1 Å². The maximum Gasteiger partial charge on any atom is 0.357 e. The Morgan fingerprint density at radius 2 is 1.84 bits per heavy atom. The van der Waals surface area contributed by atoms with Crippen LogP contribution in [-0.4, -0.2) is 21.5 Å². The number of nitro groups is 1. The van der Waals surface area contributed by atoms with Crippen LogP contribution in [0.4, 0.5) is 5.69 Å². The molecule has 0 saturated carbocycles. The van der Waals surface area contributed by atoms with Gasteiger partial charge in [-0.05, 0) is 36.3 Å². The third-order valence-corrected chi connectivity index (χ3v) is 4.41. The number of ether oxygens (including phenoxy) is 2. The summed E-state index contributed by atoms with van der Waals surface area (Å²) < 4.78 is 11.5. The monoisotopic (exact) mass is 443 g/mol. The lowest BCUT2D eigenvalue weighted by Gasteiger charge is -2.14. The van der Waals surface area contributed by atoms with Crippen LogP contribution in [-0.2, 0) is 6.61 Å². The highest BCUT2D eigenvalue weighted by Crippen LogP contribution is 2.37. The van der Waals surface area contributed by atoms with Crippen molar-refractivity contribution < 1.29 is 14.4 Å². The van der Waals surface area contributed by atoms with Crippen molar-refractivity contribution in [3.05, 3.63) is 95.3 Å². The third kappa shape index (κ3) is 5.40. The molecule has 1 heterocycles. The maximum atomic E-state index is 11.7. The zero-order valence-electron chi connectivity index (χ0n) is 16.4. The van der Waals surface area contributed by atoms with Crippen molar-refractivity contribution in [2.75, 3.05) is 6.61 Å². The minimum atomic E-state index is -1.09. The molecule has 0 aliphatic rings. The van der Waals surface area contributed by atoms with Gasteiger partial charge in [0.15, 0.2) is 11.5 Å². The van der Waals surface area contributed by atoms with Gasteiger partial charge in [-0.25, -0.2) is 4.79 Å². The smallest absolute Gasteiger partial charge is 0.357 e. The first-order valence-corrected chi connectivity index (χ1v) is 9.59. The molecule has 3 aromatic rings. The van der Waals surface area contributed by atoms with Crippen molar-refractivity contribution in [2.24, 2.45) is 0 Å². The minimum absolute atomic E-state index is 0.239. The van der Waals surface area contributed by atoms with Crippen molar-refractivity contribution >= 4 is 29.4 Å². The van der Waals surface area contributed by atoms with Crippen LogP contribution < -0.4 is 20.7 Å². The van der Waals surface area contributed by atoms with E-state index in [1.807, 2.05) is 42.2 Å². The number of benzene rings is 2. The van der Waals surface area contributed by atoms with Crippen LogP contribution in [0.3, 0.4) is 0 Å². The van der Waals surface area contributed by atoms with Crippen molar-refractivity contribution in [2.45, 2.75) is 13.5 Å². The highest BCUT2D eigenvalue weighted by molar-refractivity contribution is 6.32. The van der Waals surface area contributed by atoms with E-state index in [0.29, 0.717) is 23.7 Å². The quantitative estimate of drug-likeness (QED) is 0.403. The van der Waals surface area contributed by atoms with Gasteiger partial charge in [-0.2, -0.15) is 0 Å². The summed E-state index contributed by atoms with van der Waals surface area (Å²) in [6, 6.07) is 12.8. The van der Waals surface area contributed by atoms with Crippen LogP contribution in [0.2, 0.25) is 5.02 Å². The highest BCUT2D eigenvalue weighted by Gasteiger charge is 2.19. The molecule has 160 valence electrons. The topological polar surface area (TPSA) is 127 Å². The molecule has 0 bridgehead atoms. The molecule has 1 aromatic heterocycles. The normalized spacial score (nSPS) is 10.9. The number of rotatable bonds is 8. The molecule has 0 radical (unpaired) electrons. The molecule has 0 unspecified atom stereocenters. The zero-order chi connectivity index (χ0) is 22.4. The standard InChI is InChI=1S/C21H18ClN3O6/c1-2-30-17-11-14(8-9-16-18(25(28)29)20(26)24-21(27)23-16)10-15(22)19(17)31-12-13-6-4-3-5-7-13/h3-11H,2,12H2,1H3,(H2,23,24,26,27). The van der Waals surface area contributed by atoms with E-state index in [-0.39, 0.29) is 17.3 Å². The van der Waals surface area contributed by atoms with Gasteiger partial charge in [0.05, 0.1) is 16.6 Å². The molecule has 0 aliphatic carbocycles. The van der Waals surface area contributed by atoms with E-state index in [2.05, 4.69) is 4.98 Å². The third-order valence-electron chi connectivity index (χ3n) is 4.13. The molecule has 31 heavy (non-hydrogen) atoms. The van der Waals surface area contributed by atoms with Gasteiger partial charge in [0.25, 0.3) is 0 Å². The summed E-state index contributed by atoms with van der Waals surface area (Å²) in [5, 5.41) is 11.4. The Hall–Kier alpha value is -3.85. The Balaban J connectivity index is 1.94. The second-order valence-corrected chi connectivity index (χ2v) is 6.71. The predicted octanol–water partition coefficient (Wildman–Crippen LogP) is 3.77. The summed E-state index contributed by atoms with van der Waals surface area (Å²) in [6.45, 7) is 2.45. The Morgan fingerprint density at radius 3 is 2.52 bits per heavy atom. The first-order valence-electron chi connectivity index (χ1n) is 9.21. The summed E-state index contributed by atoms with van der Waals surface area (Å²) >= 11 is 6.39. The molecule has 0 spiro atoms. The van der Waals surface area contributed by atoms with Gasteiger partial charge < -0.3 is 14.5 Å². The number of nitrogens with zero attached hydrogens (tertiary/aromatic N) is 1. The molecule has 9 nitrogen and oxygen atoms in total. The van der Waals surface area contributed by atoms with Crippen molar-refractivity contribution in [1.82, 2.24) is 9.97 Å². The van der Waals surface area contributed by atoms with Gasteiger partial charge in [-0.15, -0.1) is 0 Å². The van der Waals surface area contributed by atoms with E-state index >= 15 is 0 Å². The summed E-state index contributed by atoms with van der Waals surface area (Å²) in [7, 11) is 0. The van der Waals surface area contributed by atoms with Gasteiger partial charge in [-0.1, -0.05) is 48.0 Å². The molecule has 0 amide bonds. The maximum absolute atomic E-state index is 11.7. The van der Waals surface area contributed by atoms with Crippen molar-refractivity contribution in [3.8, 4) is 11.5 Å². The van der Waals surface area contributed by atoms with Crippen molar-refractivity contribution in [1.29, 1.82) is 0 Å². The minimum Gasteiger partial charge on any atom is -0.490 e. The molecule has 0 aliphatic heterocycles. The lowest BCUT2D eigenvalue weighted by Crippen LogP contribution is -2.25.